The van der Waals surface area contributed by atoms with E-state index in [4.69, 9.17) is 15.7 Å². The molecule has 1 rings (SSSR count). The molecule has 2 N–H and O–H groups in total. The molecule has 0 aliphatic rings. The first-order valence-corrected chi connectivity index (χ1v) is 6.84. The van der Waals surface area contributed by atoms with E-state index in [1.165, 1.54) is 0 Å². The molecule has 0 bridgehead atoms. The summed E-state index contributed by atoms with van der Waals surface area (Å²) in [5.41, 5.74) is 6.86. The molecule has 1 aromatic carbocycles. The Bertz CT molecular complexity index is 489. The molecular weight excluding hydrogens is 252 g/mol. The van der Waals surface area contributed by atoms with Gasteiger partial charge in [0.2, 0.25) is 0 Å². The first kappa shape index (κ1) is 16.0. The van der Waals surface area contributed by atoms with Gasteiger partial charge in [-0.15, -0.1) is 0 Å². The second-order valence-corrected chi connectivity index (χ2v) is 5.60. The van der Waals surface area contributed by atoms with Crippen LogP contribution in [0.1, 0.15) is 38.7 Å². The van der Waals surface area contributed by atoms with Crippen molar-refractivity contribution in [1.82, 2.24) is 0 Å². The van der Waals surface area contributed by atoms with Gasteiger partial charge in [0.1, 0.15) is 0 Å². The molecule has 0 saturated heterocycles. The SMILES string of the molecule is CC(C)(C#N)CCCCOC(=O)Cc1cccc(N)c1. The van der Waals surface area contributed by atoms with Crippen molar-refractivity contribution in [1.29, 1.82) is 5.26 Å². The van der Waals surface area contributed by atoms with Gasteiger partial charge >= 0.3 is 5.97 Å². The van der Waals surface area contributed by atoms with Crippen molar-refractivity contribution in [3.05, 3.63) is 29.8 Å². The molecule has 0 fully saturated rings. The molecule has 0 aliphatic carbocycles. The molecular formula is C16H22N2O2. The maximum absolute atomic E-state index is 11.6. The van der Waals surface area contributed by atoms with Crippen LogP contribution in [-0.4, -0.2) is 12.6 Å². The van der Waals surface area contributed by atoms with E-state index < -0.39 is 0 Å². The third-order valence-corrected chi connectivity index (χ3v) is 3.06. The Balaban J connectivity index is 2.20. The van der Waals surface area contributed by atoms with Crippen molar-refractivity contribution in [2.45, 2.75) is 39.5 Å². The zero-order valence-electron chi connectivity index (χ0n) is 12.2. The van der Waals surface area contributed by atoms with E-state index in [9.17, 15) is 4.79 Å². The number of rotatable bonds is 7. The Morgan fingerprint density at radius 3 is 2.80 bits per heavy atom. The van der Waals surface area contributed by atoms with Gasteiger partial charge in [-0.2, -0.15) is 5.26 Å². The normalized spacial score (nSPS) is 10.8. The topological polar surface area (TPSA) is 76.1 Å². The second-order valence-electron chi connectivity index (χ2n) is 5.60. The molecule has 0 saturated carbocycles. The Morgan fingerprint density at radius 1 is 1.40 bits per heavy atom. The van der Waals surface area contributed by atoms with Crippen LogP contribution in [0, 0.1) is 16.7 Å². The molecule has 0 unspecified atom stereocenters. The van der Waals surface area contributed by atoms with Gasteiger partial charge in [-0.3, -0.25) is 4.79 Å². The summed E-state index contributed by atoms with van der Waals surface area (Å²) >= 11 is 0. The highest BCUT2D eigenvalue weighted by Crippen LogP contribution is 2.21. The lowest BCUT2D eigenvalue weighted by molar-refractivity contribution is -0.142. The maximum Gasteiger partial charge on any atom is 0.310 e. The minimum Gasteiger partial charge on any atom is -0.465 e. The second kappa shape index (κ2) is 7.54. The summed E-state index contributed by atoms with van der Waals surface area (Å²) in [4.78, 5) is 11.6. The van der Waals surface area contributed by atoms with Crippen LogP contribution in [-0.2, 0) is 16.0 Å². The number of nitrogen functional groups attached to an aromatic ring is 1. The van der Waals surface area contributed by atoms with Crippen molar-refractivity contribution in [2.24, 2.45) is 5.41 Å². The highest BCUT2D eigenvalue weighted by molar-refractivity contribution is 5.72. The largest absolute Gasteiger partial charge is 0.465 e. The fourth-order valence-corrected chi connectivity index (χ4v) is 1.83. The molecule has 1 aromatic rings. The minimum atomic E-state index is -0.300. The van der Waals surface area contributed by atoms with Gasteiger partial charge in [0.15, 0.2) is 0 Å². The van der Waals surface area contributed by atoms with E-state index >= 15 is 0 Å². The highest BCUT2D eigenvalue weighted by atomic mass is 16.5. The third kappa shape index (κ3) is 6.24. The summed E-state index contributed by atoms with van der Waals surface area (Å²) in [5, 5.41) is 8.88. The van der Waals surface area contributed by atoms with Gasteiger partial charge in [0.05, 0.1) is 24.5 Å². The fourth-order valence-electron chi connectivity index (χ4n) is 1.83. The summed E-state index contributed by atoms with van der Waals surface area (Å²) in [5.74, 6) is -0.241. The molecule has 0 radical (unpaired) electrons. The number of carbonyl (C=O) groups excluding carboxylic acids is 1. The summed E-state index contributed by atoms with van der Waals surface area (Å²) in [6.45, 7) is 4.24. The van der Waals surface area contributed by atoms with Crippen molar-refractivity contribution < 1.29 is 9.53 Å². The van der Waals surface area contributed by atoms with E-state index in [0.29, 0.717) is 12.3 Å². The number of nitrogens with two attached hydrogens (primary N) is 1. The van der Waals surface area contributed by atoms with Gasteiger partial charge in [-0.25, -0.2) is 0 Å². The lowest BCUT2D eigenvalue weighted by atomic mass is 9.89. The van der Waals surface area contributed by atoms with E-state index in [0.717, 1.165) is 24.8 Å². The molecule has 0 spiro atoms. The van der Waals surface area contributed by atoms with Crippen LogP contribution < -0.4 is 5.73 Å². The molecule has 0 heterocycles. The van der Waals surface area contributed by atoms with E-state index in [1.54, 1.807) is 12.1 Å². The van der Waals surface area contributed by atoms with E-state index in [1.807, 2.05) is 26.0 Å². The first-order chi connectivity index (χ1) is 9.43. The number of anilines is 1. The molecule has 0 aromatic heterocycles. The van der Waals surface area contributed by atoms with Crippen LogP contribution in [0.2, 0.25) is 0 Å². The van der Waals surface area contributed by atoms with Crippen LogP contribution in [0.3, 0.4) is 0 Å². The number of hydrogen-bond donors (Lipinski definition) is 1. The van der Waals surface area contributed by atoms with E-state index in [-0.39, 0.29) is 17.8 Å². The number of benzene rings is 1. The number of nitriles is 1. The number of ether oxygens (including phenoxy) is 1. The molecule has 20 heavy (non-hydrogen) atoms. The summed E-state index contributed by atoms with van der Waals surface area (Å²) in [6, 6.07) is 9.49. The molecule has 108 valence electrons. The lowest BCUT2D eigenvalue weighted by Crippen LogP contribution is -2.11. The van der Waals surface area contributed by atoms with Crippen LogP contribution in [0.25, 0.3) is 0 Å². The molecule has 0 amide bonds. The number of nitrogens with zero attached hydrogens (tertiary/aromatic N) is 1. The number of hydrogen-bond acceptors (Lipinski definition) is 4. The maximum atomic E-state index is 11.6. The molecule has 0 aliphatic heterocycles. The summed E-state index contributed by atoms with van der Waals surface area (Å²) in [7, 11) is 0. The number of unbranched alkanes of at least 4 members (excludes halogenated alkanes) is 1. The predicted molar refractivity (Wildman–Crippen MR) is 78.8 cm³/mol. The number of carbonyl (C=O) groups is 1. The minimum absolute atomic E-state index is 0.241. The van der Waals surface area contributed by atoms with Crippen molar-refractivity contribution >= 4 is 11.7 Å². The van der Waals surface area contributed by atoms with Crippen LogP contribution in [0.15, 0.2) is 24.3 Å². The first-order valence-electron chi connectivity index (χ1n) is 6.84. The zero-order valence-corrected chi connectivity index (χ0v) is 12.2. The Labute approximate surface area is 120 Å². The van der Waals surface area contributed by atoms with Crippen LogP contribution >= 0.6 is 0 Å². The van der Waals surface area contributed by atoms with Gasteiger partial charge in [-0.1, -0.05) is 12.1 Å². The van der Waals surface area contributed by atoms with E-state index in [2.05, 4.69) is 6.07 Å². The average molecular weight is 274 g/mol. The standard InChI is InChI=1S/C16H22N2O2/c1-16(2,12-17)8-3-4-9-20-15(19)11-13-6-5-7-14(18)10-13/h5-7,10H,3-4,8-9,11,18H2,1-2H3. The molecule has 0 atom stereocenters. The van der Waals surface area contributed by atoms with Crippen molar-refractivity contribution in [3.8, 4) is 6.07 Å². The smallest absolute Gasteiger partial charge is 0.310 e. The summed E-state index contributed by atoms with van der Waals surface area (Å²) in [6.07, 6.45) is 2.73. The van der Waals surface area contributed by atoms with Crippen LogP contribution in [0.4, 0.5) is 5.69 Å². The van der Waals surface area contributed by atoms with Gasteiger partial charge in [-0.05, 0) is 50.8 Å². The van der Waals surface area contributed by atoms with Gasteiger partial charge in [0, 0.05) is 5.69 Å². The zero-order chi connectivity index (χ0) is 15.0. The monoisotopic (exact) mass is 274 g/mol. The van der Waals surface area contributed by atoms with Crippen molar-refractivity contribution in [2.75, 3.05) is 12.3 Å². The molecule has 4 nitrogen and oxygen atoms in total. The Kier molecular flexibility index (Phi) is 6.05. The average Bonchev–Trinajstić information content (AvgIpc) is 2.38. The lowest BCUT2D eigenvalue weighted by Gasteiger charge is -2.14. The predicted octanol–water partition coefficient (Wildman–Crippen LogP) is 3.07. The Morgan fingerprint density at radius 2 is 2.15 bits per heavy atom. The van der Waals surface area contributed by atoms with Crippen molar-refractivity contribution in [3.63, 3.8) is 0 Å². The Hall–Kier alpha value is -2.02. The van der Waals surface area contributed by atoms with Gasteiger partial charge < -0.3 is 10.5 Å². The quantitative estimate of drug-likeness (QED) is 0.471. The third-order valence-electron chi connectivity index (χ3n) is 3.06. The number of esters is 1. The fraction of sp³-hybridized carbons (Fsp3) is 0.500. The summed E-state index contributed by atoms with van der Waals surface area (Å²) < 4.78 is 5.17. The van der Waals surface area contributed by atoms with Gasteiger partial charge in [0.25, 0.3) is 0 Å². The molecule has 4 heteroatoms. The highest BCUT2D eigenvalue weighted by Gasteiger charge is 2.15. The van der Waals surface area contributed by atoms with Crippen LogP contribution in [0.5, 0.6) is 0 Å².